The van der Waals surface area contributed by atoms with Gasteiger partial charge in [0.2, 0.25) is 0 Å². The van der Waals surface area contributed by atoms with E-state index in [1.165, 1.54) is 15.4 Å². The van der Waals surface area contributed by atoms with E-state index in [2.05, 4.69) is 49.2 Å². The van der Waals surface area contributed by atoms with Crippen LogP contribution in [0.2, 0.25) is 0 Å². The molecule has 1 heterocycles. The fourth-order valence-corrected chi connectivity index (χ4v) is 5.39. The van der Waals surface area contributed by atoms with E-state index in [0.717, 1.165) is 43.7 Å². The number of benzene rings is 2. The molecule has 7 heteroatoms. The maximum atomic E-state index is 12.9. The lowest BCUT2D eigenvalue weighted by Crippen LogP contribution is -2.42. The Hall–Kier alpha value is -1.93. The van der Waals surface area contributed by atoms with Crippen LogP contribution in [0.3, 0.4) is 0 Å². The first kappa shape index (κ1) is 24.7. The number of fused-ring (bicyclic) bond motifs is 1. The molecule has 3 rings (SSSR count). The first-order valence-electron chi connectivity index (χ1n) is 11.4. The Balaban J connectivity index is 1.87. The summed E-state index contributed by atoms with van der Waals surface area (Å²) in [5, 5.41) is 0. The normalized spacial score (nSPS) is 20.3. The Bertz CT molecular complexity index is 964. The third kappa shape index (κ3) is 6.54. The van der Waals surface area contributed by atoms with Crippen LogP contribution in [0.5, 0.6) is 5.75 Å². The molecule has 176 valence electrons. The molecule has 0 bridgehead atoms. The molecule has 1 aliphatic rings. The standard InChI is InChI=1S/C25H37N3O3S/c1-21-12-13-25-24(19-21)20-27(4)16-14-23(22-9-6-5-7-10-22)11-8-15-28(17-18-31-25)32(29,30)26(2)3/h5-7,9-10,12-13,19,23H,8,11,14-18,20H2,1-4H3. The molecule has 0 aromatic heterocycles. The van der Waals surface area contributed by atoms with E-state index in [1.807, 2.05) is 18.2 Å². The number of nitrogens with zero attached hydrogens (tertiary/aromatic N) is 3. The predicted octanol–water partition coefficient (Wildman–Crippen LogP) is 3.88. The molecule has 0 radical (unpaired) electrons. The molecule has 1 unspecified atom stereocenters. The van der Waals surface area contributed by atoms with Gasteiger partial charge in [0.1, 0.15) is 12.4 Å². The second kappa shape index (κ2) is 11.3. The molecule has 0 saturated carbocycles. The van der Waals surface area contributed by atoms with Crippen LogP contribution in [0.4, 0.5) is 0 Å². The summed E-state index contributed by atoms with van der Waals surface area (Å²) in [5.41, 5.74) is 3.67. The first-order valence-corrected chi connectivity index (χ1v) is 12.8. The van der Waals surface area contributed by atoms with Crippen molar-refractivity contribution in [2.75, 3.05) is 47.4 Å². The minimum absolute atomic E-state index is 0.328. The van der Waals surface area contributed by atoms with Gasteiger partial charge >= 0.3 is 0 Å². The van der Waals surface area contributed by atoms with Crippen molar-refractivity contribution >= 4 is 10.2 Å². The zero-order chi connectivity index (χ0) is 23.1. The van der Waals surface area contributed by atoms with Crippen LogP contribution in [0.15, 0.2) is 48.5 Å². The van der Waals surface area contributed by atoms with Crippen molar-refractivity contribution in [2.45, 2.75) is 38.6 Å². The van der Waals surface area contributed by atoms with Crippen molar-refractivity contribution in [3.63, 3.8) is 0 Å². The summed E-state index contributed by atoms with van der Waals surface area (Å²) in [6.45, 7) is 5.01. The molecule has 2 aromatic carbocycles. The lowest BCUT2D eigenvalue weighted by Gasteiger charge is -2.28. The summed E-state index contributed by atoms with van der Waals surface area (Å²) < 4.78 is 34.7. The molecule has 0 fully saturated rings. The Morgan fingerprint density at radius 1 is 1.00 bits per heavy atom. The number of hydrogen-bond donors (Lipinski definition) is 0. The monoisotopic (exact) mass is 459 g/mol. The molecule has 0 aliphatic carbocycles. The average molecular weight is 460 g/mol. The minimum atomic E-state index is -3.50. The number of hydrogen-bond acceptors (Lipinski definition) is 4. The quantitative estimate of drug-likeness (QED) is 0.699. The summed E-state index contributed by atoms with van der Waals surface area (Å²) in [6, 6.07) is 16.8. The largest absolute Gasteiger partial charge is 0.492 e. The van der Waals surface area contributed by atoms with Gasteiger partial charge in [0.05, 0.1) is 0 Å². The van der Waals surface area contributed by atoms with Crippen LogP contribution in [-0.2, 0) is 16.8 Å². The van der Waals surface area contributed by atoms with E-state index in [1.54, 1.807) is 18.4 Å². The van der Waals surface area contributed by atoms with Gasteiger partial charge in [-0.15, -0.1) is 0 Å². The second-order valence-electron chi connectivity index (χ2n) is 8.93. The molecule has 0 saturated heterocycles. The molecule has 0 N–H and O–H groups in total. The molecule has 0 spiro atoms. The van der Waals surface area contributed by atoms with Gasteiger partial charge in [0.25, 0.3) is 10.2 Å². The number of rotatable bonds is 3. The Morgan fingerprint density at radius 3 is 2.47 bits per heavy atom. The van der Waals surface area contributed by atoms with E-state index < -0.39 is 10.2 Å². The first-order chi connectivity index (χ1) is 15.3. The lowest BCUT2D eigenvalue weighted by atomic mass is 9.91. The molecular formula is C25H37N3O3S. The Kier molecular flexibility index (Phi) is 8.71. The van der Waals surface area contributed by atoms with Crippen molar-refractivity contribution in [1.29, 1.82) is 0 Å². The fourth-order valence-electron chi connectivity index (χ4n) is 4.27. The van der Waals surface area contributed by atoms with Gasteiger partial charge in [-0.1, -0.05) is 48.0 Å². The van der Waals surface area contributed by atoms with E-state index in [9.17, 15) is 8.42 Å². The molecule has 0 amide bonds. The van der Waals surface area contributed by atoms with Gasteiger partial charge in [0.15, 0.2) is 0 Å². The van der Waals surface area contributed by atoms with E-state index in [4.69, 9.17) is 4.74 Å². The van der Waals surface area contributed by atoms with Gasteiger partial charge in [-0.2, -0.15) is 17.0 Å². The van der Waals surface area contributed by atoms with Gasteiger partial charge in [-0.25, -0.2) is 0 Å². The van der Waals surface area contributed by atoms with Crippen LogP contribution in [0, 0.1) is 6.92 Å². The van der Waals surface area contributed by atoms with Crippen LogP contribution in [0.25, 0.3) is 0 Å². The van der Waals surface area contributed by atoms with Crippen molar-refractivity contribution in [1.82, 2.24) is 13.5 Å². The van der Waals surface area contributed by atoms with E-state index in [0.29, 0.717) is 25.6 Å². The summed E-state index contributed by atoms with van der Waals surface area (Å²) in [5.74, 6) is 1.24. The summed E-state index contributed by atoms with van der Waals surface area (Å²) in [7, 11) is 1.83. The van der Waals surface area contributed by atoms with Gasteiger partial charge in [0, 0.05) is 39.3 Å². The van der Waals surface area contributed by atoms with E-state index in [-0.39, 0.29) is 0 Å². The summed E-state index contributed by atoms with van der Waals surface area (Å²) >= 11 is 0. The van der Waals surface area contributed by atoms with Crippen LogP contribution < -0.4 is 4.74 Å². The maximum absolute atomic E-state index is 12.9. The highest BCUT2D eigenvalue weighted by Gasteiger charge is 2.25. The van der Waals surface area contributed by atoms with Crippen LogP contribution in [0.1, 0.15) is 41.9 Å². The van der Waals surface area contributed by atoms with Gasteiger partial charge < -0.3 is 9.64 Å². The van der Waals surface area contributed by atoms with Crippen molar-refractivity contribution in [3.8, 4) is 5.75 Å². The highest BCUT2D eigenvalue weighted by atomic mass is 32.2. The molecule has 6 nitrogen and oxygen atoms in total. The molecule has 32 heavy (non-hydrogen) atoms. The predicted molar refractivity (Wildman–Crippen MR) is 130 cm³/mol. The smallest absolute Gasteiger partial charge is 0.281 e. The second-order valence-corrected chi connectivity index (χ2v) is 11.1. The van der Waals surface area contributed by atoms with E-state index >= 15 is 0 Å². The SMILES string of the molecule is Cc1ccc2c(c1)CN(C)CCC(c1ccccc1)CCCN(S(=O)(=O)N(C)C)CCO2. The Labute approximate surface area is 194 Å². The Morgan fingerprint density at radius 2 is 1.75 bits per heavy atom. The zero-order valence-electron chi connectivity index (χ0n) is 19.8. The summed E-state index contributed by atoms with van der Waals surface area (Å²) in [4.78, 5) is 2.35. The lowest BCUT2D eigenvalue weighted by molar-refractivity contribution is 0.248. The third-order valence-electron chi connectivity index (χ3n) is 6.13. The highest BCUT2D eigenvalue weighted by Crippen LogP contribution is 2.27. The van der Waals surface area contributed by atoms with Crippen LogP contribution >= 0.6 is 0 Å². The molecule has 2 aromatic rings. The van der Waals surface area contributed by atoms with Crippen molar-refractivity contribution < 1.29 is 13.2 Å². The molecule has 1 atom stereocenters. The molecular weight excluding hydrogens is 422 g/mol. The van der Waals surface area contributed by atoms with Gasteiger partial charge in [-0.05, 0) is 57.3 Å². The fraction of sp³-hybridized carbons (Fsp3) is 0.520. The van der Waals surface area contributed by atoms with Crippen molar-refractivity contribution in [3.05, 3.63) is 65.2 Å². The maximum Gasteiger partial charge on any atom is 0.281 e. The van der Waals surface area contributed by atoms with Crippen molar-refractivity contribution in [2.24, 2.45) is 0 Å². The highest BCUT2D eigenvalue weighted by molar-refractivity contribution is 7.86. The third-order valence-corrected chi connectivity index (χ3v) is 8.07. The zero-order valence-corrected chi connectivity index (χ0v) is 20.6. The van der Waals surface area contributed by atoms with Gasteiger partial charge in [-0.3, -0.25) is 0 Å². The topological polar surface area (TPSA) is 53.1 Å². The number of ether oxygens (including phenoxy) is 1. The van der Waals surface area contributed by atoms with Crippen LogP contribution in [-0.4, -0.2) is 69.3 Å². The number of aryl methyl sites for hydroxylation is 1. The minimum Gasteiger partial charge on any atom is -0.492 e. The average Bonchev–Trinajstić information content (AvgIpc) is 2.76. The summed E-state index contributed by atoms with van der Waals surface area (Å²) in [6.07, 6.45) is 2.79. The molecule has 1 aliphatic heterocycles.